The molecule has 22 heteroatoms. The van der Waals surface area contributed by atoms with Crippen LogP contribution in [0.25, 0.3) is 0 Å². The SMILES string of the molecule is CC(=O)CCC(CCC(=O)NCCCCS[C@H]1C(O)[C@@H](CO)O[C@H]1C)CS[C@H]1C(O)[C@@H](CO)O[C@H]1C.CC[C@H]1O[C@@H](C)[C@@H](SCC(CCNC)CCNC(=O)CCCCS[C@H]2C(O)[C@@H](CO)O[C@H]2Cc2ccccc2)C1O.CO. The predicted octanol–water partition coefficient (Wildman–Crippen LogP) is 3.76. The first-order chi connectivity index (χ1) is 38.0. The van der Waals surface area contributed by atoms with E-state index in [2.05, 4.69) is 41.9 Å². The maximum atomic E-state index is 12.5. The Labute approximate surface area is 488 Å². The van der Waals surface area contributed by atoms with Gasteiger partial charge in [0.2, 0.25) is 11.8 Å². The van der Waals surface area contributed by atoms with E-state index in [1.54, 1.807) is 42.2 Å². The average molecular weight is 1200 g/mol. The van der Waals surface area contributed by atoms with Gasteiger partial charge < -0.3 is 80.5 Å². The van der Waals surface area contributed by atoms with Crippen LogP contribution in [-0.4, -0.2) is 229 Å². The predicted molar refractivity (Wildman–Crippen MR) is 319 cm³/mol. The molecule has 1 aromatic carbocycles. The van der Waals surface area contributed by atoms with Crippen molar-refractivity contribution in [2.24, 2.45) is 11.8 Å². The Kier molecular flexibility index (Phi) is 37.2. The van der Waals surface area contributed by atoms with Crippen molar-refractivity contribution >= 4 is 64.6 Å². The minimum Gasteiger partial charge on any atom is -0.400 e. The van der Waals surface area contributed by atoms with Crippen molar-refractivity contribution in [1.82, 2.24) is 16.0 Å². The van der Waals surface area contributed by atoms with Gasteiger partial charge in [-0.3, -0.25) is 9.59 Å². The van der Waals surface area contributed by atoms with Crippen LogP contribution in [0.4, 0.5) is 0 Å². The number of hydrogen-bond donors (Lipinski definition) is 11. The number of Topliss-reactive ketones (excluding diaryl/α,β-unsaturated/α-hetero) is 1. The molecule has 18 nitrogen and oxygen atoms in total. The van der Waals surface area contributed by atoms with Crippen LogP contribution in [-0.2, 0) is 39.8 Å². The van der Waals surface area contributed by atoms with E-state index < -0.39 is 42.7 Å². The number of hydrogen-bond acceptors (Lipinski definition) is 20. The zero-order valence-electron chi connectivity index (χ0n) is 48.1. The van der Waals surface area contributed by atoms with Crippen molar-refractivity contribution in [2.45, 2.75) is 212 Å². The number of unbranched alkanes of at least 4 members (excludes halogenated alkanes) is 2. The number of carbonyl (C=O) groups is 3. The lowest BCUT2D eigenvalue weighted by Gasteiger charge is -2.22. The van der Waals surface area contributed by atoms with Gasteiger partial charge in [0, 0.05) is 39.5 Å². The normalized spacial score (nSPS) is 31.0. The second-order valence-electron chi connectivity index (χ2n) is 21.3. The van der Waals surface area contributed by atoms with E-state index >= 15 is 0 Å². The van der Waals surface area contributed by atoms with Gasteiger partial charge in [0.25, 0.3) is 0 Å². The van der Waals surface area contributed by atoms with E-state index in [1.165, 1.54) is 0 Å². The molecule has 4 saturated heterocycles. The Bertz CT molecular complexity index is 1790. The van der Waals surface area contributed by atoms with Gasteiger partial charge in [-0.2, -0.15) is 47.0 Å². The maximum absolute atomic E-state index is 12.5. The molecule has 4 heterocycles. The van der Waals surface area contributed by atoms with Gasteiger partial charge in [0.15, 0.2) is 0 Å². The van der Waals surface area contributed by atoms with E-state index in [0.29, 0.717) is 57.5 Å². The van der Waals surface area contributed by atoms with Gasteiger partial charge in [0.1, 0.15) is 24.1 Å². The van der Waals surface area contributed by atoms with Crippen LogP contribution in [0.3, 0.4) is 0 Å². The molecule has 18 atom stereocenters. The monoisotopic (exact) mass is 1200 g/mol. The lowest BCUT2D eigenvalue weighted by molar-refractivity contribution is -0.122. The first kappa shape index (κ1) is 72.0. The zero-order valence-corrected chi connectivity index (χ0v) is 51.4. The van der Waals surface area contributed by atoms with Crippen LogP contribution in [0.5, 0.6) is 0 Å². The third-order valence-corrected chi connectivity index (χ3v) is 21.6. The number of carbonyl (C=O) groups excluding carboxylic acids is 3. The molecular weight excluding hydrogens is 1090 g/mol. The third kappa shape index (κ3) is 25.4. The standard InChI is InChI=1S/C31H52N2O6S2.C25H45NO8S2.CH4O/c1-4-24-28(36)30(21(2)38-24)41-20-23(13-15-32-3)14-16-33-27(35)12-8-9-17-40-31-25(39-26(19-34)29(31)37)18-22-10-6-5-7-11-22;1-15(29)6-7-18(14-36-25-17(3)34-20(13-28)23(25)32)8-9-21(30)26-10-4-5-11-35-24-16(2)33-19(12-27)22(24)31;1-2/h5-7,10-11,21,23-26,28-32,34,36-37H,4,8-9,12-20H2,1-3H3,(H,33,35);16-20,22-25,27-28,31-32H,4-14H2,1-3H3,(H,26,30);2H,1H3/t21-,23?,24+,25-,26+,28?,29?,30+,31+;16-,17-,18?,19+,20+,22?,23?,24+,25+;/m00./s1. The largest absolute Gasteiger partial charge is 0.400 e. The second-order valence-corrected chi connectivity index (χ2v) is 26.3. The van der Waals surface area contributed by atoms with E-state index in [9.17, 15) is 50.1 Å². The molecule has 11 N–H and O–H groups in total. The minimum atomic E-state index is -0.728. The number of aliphatic hydroxyl groups is 8. The Morgan fingerprint density at radius 1 is 0.544 bits per heavy atom. The molecule has 79 heavy (non-hydrogen) atoms. The van der Waals surface area contributed by atoms with Crippen LogP contribution in [0, 0.1) is 11.8 Å². The van der Waals surface area contributed by atoms with Gasteiger partial charge in [-0.1, -0.05) is 37.3 Å². The van der Waals surface area contributed by atoms with E-state index in [-0.39, 0.29) is 94.9 Å². The number of rotatable bonds is 36. The molecule has 4 aliphatic heterocycles. The lowest BCUT2D eigenvalue weighted by atomic mass is 9.98. The summed E-state index contributed by atoms with van der Waals surface area (Å²) >= 11 is 6.74. The summed E-state index contributed by atoms with van der Waals surface area (Å²) in [6.45, 7) is 11.1. The molecule has 5 rings (SSSR count). The van der Waals surface area contributed by atoms with Crippen LogP contribution in [0.2, 0.25) is 0 Å². The van der Waals surface area contributed by atoms with Crippen LogP contribution in [0.15, 0.2) is 30.3 Å². The van der Waals surface area contributed by atoms with Gasteiger partial charge in [-0.15, -0.1) is 0 Å². The quantitative estimate of drug-likeness (QED) is 0.0427. The molecule has 4 fully saturated rings. The number of thioether (sulfide) groups is 4. The summed E-state index contributed by atoms with van der Waals surface area (Å²) < 4.78 is 23.1. The summed E-state index contributed by atoms with van der Waals surface area (Å²) in [5.74, 6) is 4.19. The Hall–Kier alpha value is -1.29. The Morgan fingerprint density at radius 3 is 1.53 bits per heavy atom. The van der Waals surface area contributed by atoms with Crippen LogP contribution < -0.4 is 16.0 Å². The summed E-state index contributed by atoms with van der Waals surface area (Å²) in [4.78, 5) is 36.4. The molecule has 0 bridgehead atoms. The van der Waals surface area contributed by atoms with Crippen molar-refractivity contribution in [3.63, 3.8) is 0 Å². The summed E-state index contributed by atoms with van der Waals surface area (Å²) in [6, 6.07) is 10.1. The van der Waals surface area contributed by atoms with Crippen molar-refractivity contribution < 1.29 is 74.2 Å². The highest BCUT2D eigenvalue weighted by molar-refractivity contribution is 8.00. The molecule has 0 aromatic heterocycles. The van der Waals surface area contributed by atoms with Crippen LogP contribution in [0.1, 0.15) is 117 Å². The molecule has 4 aliphatic rings. The van der Waals surface area contributed by atoms with Gasteiger partial charge in [0.05, 0.1) is 95.8 Å². The number of ketones is 1. The first-order valence-electron chi connectivity index (χ1n) is 28.8. The molecule has 6 unspecified atom stereocenters. The summed E-state index contributed by atoms with van der Waals surface area (Å²) in [5.41, 5.74) is 1.15. The van der Waals surface area contributed by atoms with Gasteiger partial charge in [-0.25, -0.2) is 0 Å². The molecule has 0 spiro atoms. The zero-order chi connectivity index (χ0) is 58.3. The number of benzene rings is 1. The molecule has 1 aromatic rings. The molecular formula is C57H101N3O15S4. The number of ether oxygens (including phenoxy) is 4. The highest BCUT2D eigenvalue weighted by atomic mass is 32.2. The molecule has 2 amide bonds. The summed E-state index contributed by atoms with van der Waals surface area (Å²) in [7, 11) is 2.96. The minimum absolute atomic E-state index is 0.00236. The van der Waals surface area contributed by atoms with Gasteiger partial charge >= 0.3 is 0 Å². The number of nitrogens with one attached hydrogen (secondary N) is 3. The summed E-state index contributed by atoms with van der Waals surface area (Å²) in [5, 5.41) is 86.2. The summed E-state index contributed by atoms with van der Waals surface area (Å²) in [6.07, 6.45) is 5.10. The van der Waals surface area contributed by atoms with E-state index in [1.807, 2.05) is 50.9 Å². The first-order valence-corrected chi connectivity index (χ1v) is 33.0. The van der Waals surface area contributed by atoms with Crippen molar-refractivity contribution in [2.75, 3.05) is 76.6 Å². The maximum Gasteiger partial charge on any atom is 0.220 e. The van der Waals surface area contributed by atoms with Gasteiger partial charge in [-0.05, 0) is 146 Å². The smallest absolute Gasteiger partial charge is 0.220 e. The lowest BCUT2D eigenvalue weighted by Crippen LogP contribution is -2.32. The highest BCUT2D eigenvalue weighted by Crippen LogP contribution is 2.37. The third-order valence-electron chi connectivity index (χ3n) is 15.1. The molecule has 458 valence electrons. The topological polar surface area (TPSA) is 286 Å². The average Bonchev–Trinajstić information content (AvgIpc) is 4.20. The van der Waals surface area contributed by atoms with Crippen LogP contribution >= 0.6 is 47.0 Å². The van der Waals surface area contributed by atoms with Crippen molar-refractivity contribution in [3.05, 3.63) is 35.9 Å². The van der Waals surface area contributed by atoms with E-state index in [4.69, 9.17) is 24.1 Å². The number of aliphatic hydroxyl groups excluding tert-OH is 8. The number of amides is 2. The van der Waals surface area contributed by atoms with Crippen molar-refractivity contribution in [3.8, 4) is 0 Å². The molecule has 0 radical (unpaired) electrons. The molecule has 0 aliphatic carbocycles. The fourth-order valence-electron chi connectivity index (χ4n) is 10.4. The van der Waals surface area contributed by atoms with Crippen molar-refractivity contribution in [1.29, 1.82) is 0 Å². The Morgan fingerprint density at radius 2 is 1.00 bits per heavy atom. The fourth-order valence-corrected chi connectivity index (χ4v) is 16.2. The van der Waals surface area contributed by atoms with E-state index in [0.717, 1.165) is 87.2 Å². The molecule has 0 saturated carbocycles. The fraction of sp³-hybridized carbons (Fsp3) is 0.842. The highest BCUT2D eigenvalue weighted by Gasteiger charge is 2.45. The second kappa shape index (κ2) is 40.9. The Balaban J connectivity index is 0.000000406.